The first kappa shape index (κ1) is 12.0. The molecule has 2 aromatic rings. The van der Waals surface area contributed by atoms with Crippen molar-refractivity contribution < 1.29 is 0 Å². The van der Waals surface area contributed by atoms with Crippen molar-refractivity contribution in [3.05, 3.63) is 46.2 Å². The molecule has 0 saturated carbocycles. The summed E-state index contributed by atoms with van der Waals surface area (Å²) in [7, 11) is 1.92. The quantitative estimate of drug-likeness (QED) is 0.905. The zero-order valence-electron chi connectivity index (χ0n) is 10.3. The number of benzene rings is 1. The average Bonchev–Trinajstić information content (AvgIpc) is 2.59. The highest BCUT2D eigenvalue weighted by molar-refractivity contribution is 6.31. The number of hydrogen-bond acceptors (Lipinski definition) is 2. The van der Waals surface area contributed by atoms with Crippen LogP contribution < -0.4 is 5.32 Å². The van der Waals surface area contributed by atoms with Gasteiger partial charge in [0, 0.05) is 24.8 Å². The Labute approximate surface area is 106 Å². The van der Waals surface area contributed by atoms with Gasteiger partial charge in [0.1, 0.15) is 0 Å². The van der Waals surface area contributed by atoms with Crippen LogP contribution >= 0.6 is 11.6 Å². The number of aromatic nitrogens is 2. The molecular weight excluding hydrogens is 234 g/mol. The second-order valence-electron chi connectivity index (χ2n) is 4.24. The maximum atomic E-state index is 6.09. The molecule has 0 atom stereocenters. The highest BCUT2D eigenvalue weighted by Gasteiger charge is 2.03. The van der Waals surface area contributed by atoms with E-state index >= 15 is 0 Å². The van der Waals surface area contributed by atoms with Crippen LogP contribution in [-0.2, 0) is 13.6 Å². The van der Waals surface area contributed by atoms with E-state index in [-0.39, 0.29) is 0 Å². The summed E-state index contributed by atoms with van der Waals surface area (Å²) in [5.74, 6) is 0. The molecule has 0 aliphatic carbocycles. The van der Waals surface area contributed by atoms with E-state index in [9.17, 15) is 0 Å². The predicted octanol–water partition coefficient (Wildman–Crippen LogP) is 3.30. The highest BCUT2D eigenvalue weighted by Crippen LogP contribution is 2.18. The molecule has 17 heavy (non-hydrogen) atoms. The Bertz CT molecular complexity index is 531. The van der Waals surface area contributed by atoms with Crippen molar-refractivity contribution in [2.75, 3.05) is 5.32 Å². The summed E-state index contributed by atoms with van der Waals surface area (Å²) >= 11 is 6.09. The molecule has 1 aromatic heterocycles. The molecule has 0 saturated heterocycles. The average molecular weight is 250 g/mol. The molecule has 0 spiro atoms. The van der Waals surface area contributed by atoms with Gasteiger partial charge in [-0.05, 0) is 31.0 Å². The van der Waals surface area contributed by atoms with E-state index in [1.807, 2.05) is 39.2 Å². The molecule has 0 radical (unpaired) electrons. The Morgan fingerprint density at radius 3 is 2.71 bits per heavy atom. The largest absolute Gasteiger partial charge is 0.378 e. The van der Waals surface area contributed by atoms with E-state index in [0.717, 1.165) is 28.5 Å². The first-order valence-corrected chi connectivity index (χ1v) is 5.93. The number of nitrogens with one attached hydrogen (secondary N) is 1. The molecule has 1 N–H and O–H groups in total. The van der Waals surface area contributed by atoms with Crippen LogP contribution in [0, 0.1) is 13.8 Å². The highest BCUT2D eigenvalue weighted by atomic mass is 35.5. The van der Waals surface area contributed by atoms with Gasteiger partial charge in [0.15, 0.2) is 0 Å². The Hall–Kier alpha value is -1.48. The molecule has 90 valence electrons. The minimum atomic E-state index is 0.756. The fraction of sp³-hybridized carbons (Fsp3) is 0.308. The van der Waals surface area contributed by atoms with E-state index in [4.69, 9.17) is 11.6 Å². The smallest absolute Gasteiger partial charge is 0.0825 e. The molecule has 3 nitrogen and oxygen atoms in total. The maximum Gasteiger partial charge on any atom is 0.0825 e. The molecule has 0 amide bonds. The number of hydrogen-bond donors (Lipinski definition) is 1. The first-order chi connectivity index (χ1) is 8.06. The van der Waals surface area contributed by atoms with Crippen LogP contribution in [0.1, 0.15) is 16.8 Å². The van der Waals surface area contributed by atoms with Crippen molar-refractivity contribution in [3.63, 3.8) is 0 Å². The van der Waals surface area contributed by atoms with Crippen LogP contribution in [0.15, 0.2) is 24.4 Å². The second-order valence-corrected chi connectivity index (χ2v) is 4.65. The third kappa shape index (κ3) is 2.80. The van der Waals surface area contributed by atoms with Gasteiger partial charge in [0.2, 0.25) is 0 Å². The number of anilines is 1. The van der Waals surface area contributed by atoms with E-state index < -0.39 is 0 Å². The van der Waals surface area contributed by atoms with E-state index in [2.05, 4.69) is 16.5 Å². The summed E-state index contributed by atoms with van der Waals surface area (Å²) in [6, 6.07) is 6.12. The number of nitrogens with zero attached hydrogens (tertiary/aromatic N) is 2. The summed E-state index contributed by atoms with van der Waals surface area (Å²) < 4.78 is 1.81. The summed E-state index contributed by atoms with van der Waals surface area (Å²) in [5, 5.41) is 8.45. The molecule has 0 unspecified atom stereocenters. The second kappa shape index (κ2) is 4.80. The SMILES string of the molecule is Cc1ccc(CNc2cn(C)nc2C)cc1Cl. The van der Waals surface area contributed by atoms with Crippen LogP contribution in [0.3, 0.4) is 0 Å². The fourth-order valence-corrected chi connectivity index (χ4v) is 1.92. The lowest BCUT2D eigenvalue weighted by Gasteiger charge is -2.06. The van der Waals surface area contributed by atoms with E-state index in [1.54, 1.807) is 4.68 Å². The van der Waals surface area contributed by atoms with Crippen molar-refractivity contribution in [3.8, 4) is 0 Å². The van der Waals surface area contributed by atoms with Crippen LogP contribution in [0.5, 0.6) is 0 Å². The number of halogens is 1. The first-order valence-electron chi connectivity index (χ1n) is 5.55. The number of aryl methyl sites for hydroxylation is 3. The lowest BCUT2D eigenvalue weighted by Crippen LogP contribution is -1.99. The van der Waals surface area contributed by atoms with Crippen LogP contribution in [0.2, 0.25) is 5.02 Å². The summed E-state index contributed by atoms with van der Waals surface area (Å²) in [5.41, 5.74) is 4.34. The van der Waals surface area contributed by atoms with Crippen molar-refractivity contribution in [2.45, 2.75) is 20.4 Å². The standard InChI is InChI=1S/C13H16ClN3/c1-9-4-5-11(6-12(9)14)7-15-13-8-17(3)16-10(13)2/h4-6,8,15H,7H2,1-3H3. The van der Waals surface area contributed by atoms with Crippen LogP contribution in [0.25, 0.3) is 0 Å². The Kier molecular flexibility index (Phi) is 3.38. The van der Waals surface area contributed by atoms with Gasteiger partial charge >= 0.3 is 0 Å². The van der Waals surface area contributed by atoms with Crippen LogP contribution in [0.4, 0.5) is 5.69 Å². The van der Waals surface area contributed by atoms with Crippen LogP contribution in [-0.4, -0.2) is 9.78 Å². The van der Waals surface area contributed by atoms with Gasteiger partial charge in [0.25, 0.3) is 0 Å². The fourth-order valence-electron chi connectivity index (χ4n) is 1.72. The van der Waals surface area contributed by atoms with Gasteiger partial charge in [-0.3, -0.25) is 4.68 Å². The lowest BCUT2D eigenvalue weighted by molar-refractivity contribution is 0.756. The van der Waals surface area contributed by atoms with Crippen molar-refractivity contribution in [1.82, 2.24) is 9.78 Å². The van der Waals surface area contributed by atoms with Crippen molar-refractivity contribution >= 4 is 17.3 Å². The zero-order valence-corrected chi connectivity index (χ0v) is 11.0. The summed E-state index contributed by atoms with van der Waals surface area (Å²) in [6.45, 7) is 4.75. The molecule has 1 heterocycles. The molecule has 0 bridgehead atoms. The molecular formula is C13H16ClN3. The summed E-state index contributed by atoms with van der Waals surface area (Å²) in [6.07, 6.45) is 1.98. The molecule has 0 aliphatic rings. The minimum Gasteiger partial charge on any atom is -0.378 e. The molecule has 0 aliphatic heterocycles. The third-order valence-corrected chi connectivity index (χ3v) is 3.14. The third-order valence-electron chi connectivity index (χ3n) is 2.73. The normalized spacial score (nSPS) is 10.6. The number of rotatable bonds is 3. The Balaban J connectivity index is 2.07. The Morgan fingerprint density at radius 1 is 1.35 bits per heavy atom. The van der Waals surface area contributed by atoms with Gasteiger partial charge in [-0.15, -0.1) is 0 Å². The van der Waals surface area contributed by atoms with Gasteiger partial charge in [-0.25, -0.2) is 0 Å². The molecule has 4 heteroatoms. The van der Waals surface area contributed by atoms with Gasteiger partial charge in [0.05, 0.1) is 11.4 Å². The topological polar surface area (TPSA) is 29.9 Å². The molecule has 2 rings (SSSR count). The predicted molar refractivity (Wildman–Crippen MR) is 71.5 cm³/mol. The van der Waals surface area contributed by atoms with Gasteiger partial charge < -0.3 is 5.32 Å². The molecule has 0 fully saturated rings. The monoisotopic (exact) mass is 249 g/mol. The molecule has 1 aromatic carbocycles. The van der Waals surface area contributed by atoms with Crippen molar-refractivity contribution in [1.29, 1.82) is 0 Å². The zero-order chi connectivity index (χ0) is 12.4. The maximum absolute atomic E-state index is 6.09. The van der Waals surface area contributed by atoms with E-state index in [0.29, 0.717) is 0 Å². The van der Waals surface area contributed by atoms with E-state index in [1.165, 1.54) is 5.56 Å². The lowest BCUT2D eigenvalue weighted by atomic mass is 10.1. The Morgan fingerprint density at radius 2 is 2.12 bits per heavy atom. The summed E-state index contributed by atoms with van der Waals surface area (Å²) in [4.78, 5) is 0. The van der Waals surface area contributed by atoms with Crippen molar-refractivity contribution in [2.24, 2.45) is 7.05 Å². The van der Waals surface area contributed by atoms with Gasteiger partial charge in [-0.1, -0.05) is 23.7 Å². The van der Waals surface area contributed by atoms with Gasteiger partial charge in [-0.2, -0.15) is 5.10 Å². The minimum absolute atomic E-state index is 0.756.